The number of aryl methyl sites for hydroxylation is 3. The largest absolute Gasteiger partial charge is 0.513 e. The van der Waals surface area contributed by atoms with E-state index in [0.717, 1.165) is 22.6 Å². The third-order valence-electron chi connectivity index (χ3n) is 4.07. The monoisotopic (exact) mass is 335 g/mol. The van der Waals surface area contributed by atoms with Gasteiger partial charge < -0.3 is 14.8 Å². The van der Waals surface area contributed by atoms with E-state index in [1.165, 1.54) is 0 Å². The van der Waals surface area contributed by atoms with Crippen molar-refractivity contribution in [3.8, 4) is 0 Å². The molecular formula is C20H21N3O2. The first-order valence-corrected chi connectivity index (χ1v) is 8.16. The summed E-state index contributed by atoms with van der Waals surface area (Å²) in [7, 11) is 0. The average Bonchev–Trinajstić information content (AvgIpc) is 2.97. The fourth-order valence-electron chi connectivity index (χ4n) is 2.86. The highest BCUT2D eigenvalue weighted by Gasteiger charge is 2.14. The molecule has 0 aliphatic carbocycles. The number of fused-ring (bicyclic) bond motifs is 1. The summed E-state index contributed by atoms with van der Waals surface area (Å²) in [4.78, 5) is 17.2. The van der Waals surface area contributed by atoms with Crippen LogP contribution in [0.25, 0.3) is 5.65 Å². The Labute approximate surface area is 146 Å². The highest BCUT2D eigenvalue weighted by atomic mass is 16.3. The molecule has 25 heavy (non-hydrogen) atoms. The fraction of sp³-hybridized carbons (Fsp3) is 0.200. The van der Waals surface area contributed by atoms with Crippen LogP contribution in [0.2, 0.25) is 0 Å². The first-order valence-electron chi connectivity index (χ1n) is 8.16. The van der Waals surface area contributed by atoms with Crippen molar-refractivity contribution in [2.45, 2.75) is 26.7 Å². The number of allylic oxidation sites excluding steroid dienone is 1. The molecule has 3 rings (SSSR count). The van der Waals surface area contributed by atoms with Crippen LogP contribution in [0.1, 0.15) is 33.7 Å². The Morgan fingerprint density at radius 2 is 2.08 bits per heavy atom. The lowest BCUT2D eigenvalue weighted by Gasteiger charge is -2.08. The minimum atomic E-state index is -0.191. The molecule has 1 aromatic carbocycles. The summed E-state index contributed by atoms with van der Waals surface area (Å²) >= 11 is 0. The van der Waals surface area contributed by atoms with Crippen LogP contribution in [-0.4, -0.2) is 20.4 Å². The molecule has 0 fully saturated rings. The predicted molar refractivity (Wildman–Crippen MR) is 99.2 cm³/mol. The minimum Gasteiger partial charge on any atom is -0.513 e. The van der Waals surface area contributed by atoms with E-state index in [1.54, 1.807) is 6.07 Å². The van der Waals surface area contributed by atoms with Crippen LogP contribution in [0.15, 0.2) is 54.9 Å². The molecule has 0 saturated heterocycles. The maximum Gasteiger partial charge on any atom is 0.259 e. The lowest BCUT2D eigenvalue weighted by Crippen LogP contribution is -2.12. The van der Waals surface area contributed by atoms with Crippen LogP contribution < -0.4 is 5.32 Å². The molecule has 0 atom stereocenters. The van der Waals surface area contributed by atoms with Crippen LogP contribution in [0.4, 0.5) is 5.69 Å². The fourth-order valence-corrected chi connectivity index (χ4v) is 2.86. The third kappa shape index (κ3) is 3.71. The topological polar surface area (TPSA) is 66.6 Å². The number of aliphatic hydroxyl groups is 1. The number of aliphatic hydroxyl groups excluding tert-OH is 1. The molecule has 0 aliphatic rings. The summed E-state index contributed by atoms with van der Waals surface area (Å²) in [5.74, 6) is -0.0322. The second-order valence-electron chi connectivity index (χ2n) is 6.18. The van der Waals surface area contributed by atoms with E-state index < -0.39 is 0 Å². The molecule has 1 amide bonds. The molecule has 3 aromatic rings. The zero-order valence-corrected chi connectivity index (χ0v) is 14.4. The van der Waals surface area contributed by atoms with Crippen molar-refractivity contribution in [2.24, 2.45) is 0 Å². The van der Waals surface area contributed by atoms with E-state index in [0.29, 0.717) is 24.1 Å². The molecular weight excluding hydrogens is 314 g/mol. The number of nitrogens with one attached hydrogen (secondary N) is 1. The quantitative estimate of drug-likeness (QED) is 0.687. The van der Waals surface area contributed by atoms with Crippen molar-refractivity contribution in [1.82, 2.24) is 9.38 Å². The average molecular weight is 335 g/mol. The molecule has 2 heterocycles. The second kappa shape index (κ2) is 6.81. The van der Waals surface area contributed by atoms with Crippen molar-refractivity contribution in [3.63, 3.8) is 0 Å². The Bertz CT molecular complexity index is 957. The number of benzene rings is 1. The molecule has 0 radical (unpaired) electrons. The Morgan fingerprint density at radius 1 is 1.28 bits per heavy atom. The van der Waals surface area contributed by atoms with Gasteiger partial charge in [0.15, 0.2) is 0 Å². The Balaban J connectivity index is 1.83. The van der Waals surface area contributed by atoms with E-state index in [2.05, 4.69) is 16.9 Å². The van der Waals surface area contributed by atoms with Crippen molar-refractivity contribution >= 4 is 17.2 Å². The van der Waals surface area contributed by atoms with Gasteiger partial charge in [-0.25, -0.2) is 4.98 Å². The van der Waals surface area contributed by atoms with Gasteiger partial charge in [0.1, 0.15) is 5.65 Å². The van der Waals surface area contributed by atoms with Gasteiger partial charge in [-0.15, -0.1) is 0 Å². The summed E-state index contributed by atoms with van der Waals surface area (Å²) < 4.78 is 1.91. The number of aromatic nitrogens is 2. The molecule has 0 bridgehead atoms. The number of amides is 1. The van der Waals surface area contributed by atoms with E-state index >= 15 is 0 Å². The summed E-state index contributed by atoms with van der Waals surface area (Å²) in [6.07, 6.45) is 3.04. The SMILES string of the molecule is C=C(O)CCc1cccc(NC(=O)c2ccn3c(C)cc(C)nc23)c1. The highest BCUT2D eigenvalue weighted by Crippen LogP contribution is 2.18. The molecule has 0 spiro atoms. The number of nitrogens with zero attached hydrogens (tertiary/aromatic N) is 2. The normalized spacial score (nSPS) is 10.8. The molecule has 0 aliphatic heterocycles. The lowest BCUT2D eigenvalue weighted by molar-refractivity contribution is 0.102. The van der Waals surface area contributed by atoms with E-state index in [9.17, 15) is 9.90 Å². The zero-order valence-electron chi connectivity index (χ0n) is 14.4. The minimum absolute atomic E-state index is 0.159. The number of carbonyl (C=O) groups is 1. The maximum absolute atomic E-state index is 12.7. The number of hydrogen-bond acceptors (Lipinski definition) is 3. The van der Waals surface area contributed by atoms with Gasteiger partial charge in [0.05, 0.1) is 11.3 Å². The Hall–Kier alpha value is -3.08. The van der Waals surface area contributed by atoms with Crippen molar-refractivity contribution in [2.75, 3.05) is 5.32 Å². The molecule has 0 saturated carbocycles. The smallest absolute Gasteiger partial charge is 0.259 e. The van der Waals surface area contributed by atoms with Crippen LogP contribution in [-0.2, 0) is 6.42 Å². The second-order valence-corrected chi connectivity index (χ2v) is 6.18. The van der Waals surface area contributed by atoms with Gasteiger partial charge in [0.2, 0.25) is 0 Å². The van der Waals surface area contributed by atoms with E-state index in [-0.39, 0.29) is 11.7 Å². The first-order chi connectivity index (χ1) is 11.9. The zero-order chi connectivity index (χ0) is 18.0. The number of carbonyl (C=O) groups excluding carboxylic acids is 1. The van der Waals surface area contributed by atoms with Gasteiger partial charge >= 0.3 is 0 Å². The Kier molecular flexibility index (Phi) is 4.57. The van der Waals surface area contributed by atoms with Gasteiger partial charge in [-0.2, -0.15) is 0 Å². The van der Waals surface area contributed by atoms with Crippen molar-refractivity contribution < 1.29 is 9.90 Å². The first kappa shape index (κ1) is 16.8. The number of anilines is 1. The van der Waals surface area contributed by atoms with Gasteiger partial charge in [-0.05, 0) is 50.1 Å². The van der Waals surface area contributed by atoms with Gasteiger partial charge in [0, 0.05) is 29.7 Å². The van der Waals surface area contributed by atoms with E-state index in [1.807, 2.05) is 54.8 Å². The van der Waals surface area contributed by atoms with Crippen molar-refractivity contribution in [3.05, 3.63) is 77.4 Å². The summed E-state index contributed by atoms with van der Waals surface area (Å²) in [5, 5.41) is 12.2. The molecule has 128 valence electrons. The Morgan fingerprint density at radius 3 is 2.84 bits per heavy atom. The van der Waals surface area contributed by atoms with Crippen LogP contribution >= 0.6 is 0 Å². The third-order valence-corrected chi connectivity index (χ3v) is 4.07. The highest BCUT2D eigenvalue weighted by molar-refractivity contribution is 6.08. The molecule has 0 unspecified atom stereocenters. The standard InChI is InChI=1S/C20H21N3O2/c1-13-11-14(2)23-10-9-18(19(23)21-13)20(25)22-17-6-4-5-16(12-17)8-7-15(3)24/h4-6,9-12,24H,3,7-8H2,1-2H3,(H,22,25). The number of rotatable bonds is 5. The van der Waals surface area contributed by atoms with Crippen LogP contribution in [0, 0.1) is 13.8 Å². The van der Waals surface area contributed by atoms with Crippen LogP contribution in [0.3, 0.4) is 0 Å². The molecule has 5 heteroatoms. The van der Waals surface area contributed by atoms with Gasteiger partial charge in [-0.1, -0.05) is 18.7 Å². The maximum atomic E-state index is 12.7. The van der Waals surface area contributed by atoms with Crippen molar-refractivity contribution in [1.29, 1.82) is 0 Å². The number of hydrogen-bond donors (Lipinski definition) is 2. The van der Waals surface area contributed by atoms with Gasteiger partial charge in [-0.3, -0.25) is 4.79 Å². The molecule has 5 nitrogen and oxygen atoms in total. The van der Waals surface area contributed by atoms with Crippen LogP contribution in [0.5, 0.6) is 0 Å². The van der Waals surface area contributed by atoms with Gasteiger partial charge in [0.25, 0.3) is 5.91 Å². The summed E-state index contributed by atoms with van der Waals surface area (Å²) in [6, 6.07) is 11.4. The summed E-state index contributed by atoms with van der Waals surface area (Å²) in [5.41, 5.74) is 4.86. The molecule has 2 N–H and O–H groups in total. The molecule has 2 aromatic heterocycles. The lowest BCUT2D eigenvalue weighted by atomic mass is 10.1. The van der Waals surface area contributed by atoms with E-state index in [4.69, 9.17) is 0 Å². The summed E-state index contributed by atoms with van der Waals surface area (Å²) in [6.45, 7) is 7.40. The predicted octanol–water partition coefficient (Wildman–Crippen LogP) is 4.21.